The van der Waals surface area contributed by atoms with Crippen LogP contribution in [0.4, 0.5) is 15.9 Å². The number of hydrogen-bond acceptors (Lipinski definition) is 5. The molecule has 0 saturated heterocycles. The summed E-state index contributed by atoms with van der Waals surface area (Å²) in [5.41, 5.74) is 2.83. The average Bonchev–Trinajstić information content (AvgIpc) is 2.97. The average molecular weight is 296 g/mol. The van der Waals surface area contributed by atoms with Gasteiger partial charge in [0.15, 0.2) is 11.6 Å². The lowest BCUT2D eigenvalue weighted by Gasteiger charge is -2.20. The second-order valence-electron chi connectivity index (χ2n) is 5.11. The molecular formula is C16H13FN4O. The van der Waals surface area contributed by atoms with E-state index in [1.165, 1.54) is 25.1 Å². The van der Waals surface area contributed by atoms with Crippen molar-refractivity contribution < 1.29 is 9.13 Å². The largest absolute Gasteiger partial charge is 0.494 e. The molecule has 1 aromatic carbocycles. The zero-order valence-corrected chi connectivity index (χ0v) is 12.0. The molecule has 4 rings (SSSR count). The smallest absolute Gasteiger partial charge is 0.167 e. The van der Waals surface area contributed by atoms with Gasteiger partial charge in [0, 0.05) is 36.1 Å². The molecule has 0 radical (unpaired) electrons. The van der Waals surface area contributed by atoms with Crippen molar-refractivity contribution in [1.82, 2.24) is 15.0 Å². The third-order valence-corrected chi connectivity index (χ3v) is 3.92. The van der Waals surface area contributed by atoms with E-state index in [9.17, 15) is 4.39 Å². The van der Waals surface area contributed by atoms with E-state index >= 15 is 0 Å². The number of benzene rings is 1. The minimum Gasteiger partial charge on any atom is -0.494 e. The number of rotatable bonds is 2. The molecule has 110 valence electrons. The van der Waals surface area contributed by atoms with Crippen LogP contribution in [0.3, 0.4) is 0 Å². The minimum absolute atomic E-state index is 0.192. The molecule has 1 aliphatic rings. The zero-order valence-electron chi connectivity index (χ0n) is 12.0. The summed E-state index contributed by atoms with van der Waals surface area (Å²) in [6.45, 7) is 0.812. The molecule has 0 saturated carbocycles. The third-order valence-electron chi connectivity index (χ3n) is 3.92. The van der Waals surface area contributed by atoms with Gasteiger partial charge < -0.3 is 9.64 Å². The Labute approximate surface area is 126 Å². The van der Waals surface area contributed by atoms with Crippen LogP contribution >= 0.6 is 0 Å². The maximum atomic E-state index is 13.9. The van der Waals surface area contributed by atoms with Crippen molar-refractivity contribution in [1.29, 1.82) is 0 Å². The first-order chi connectivity index (χ1) is 10.8. The first-order valence-electron chi connectivity index (χ1n) is 6.96. The van der Waals surface area contributed by atoms with Crippen LogP contribution in [-0.4, -0.2) is 28.6 Å². The second-order valence-corrected chi connectivity index (χ2v) is 5.11. The molecule has 0 unspecified atom stereocenters. The van der Waals surface area contributed by atoms with Gasteiger partial charge in [0.25, 0.3) is 0 Å². The summed E-state index contributed by atoms with van der Waals surface area (Å²) in [5, 5.41) is 0.769. The monoisotopic (exact) mass is 296 g/mol. The Bertz CT molecular complexity index is 868. The molecule has 2 aromatic heterocycles. The standard InChI is InChI=1S/C16H13FN4O/c1-22-15-6-11-13(7-12(15)17)19-9-20-16(11)21-5-3-10-8-18-4-2-14(10)21/h2,4,6-9H,3,5H2,1H3. The highest BCUT2D eigenvalue weighted by molar-refractivity contribution is 5.93. The number of ether oxygens (including phenoxy) is 1. The van der Waals surface area contributed by atoms with E-state index in [-0.39, 0.29) is 5.75 Å². The summed E-state index contributed by atoms with van der Waals surface area (Å²) in [6, 6.07) is 5.00. The molecule has 3 heterocycles. The normalized spacial score (nSPS) is 13.5. The van der Waals surface area contributed by atoms with Gasteiger partial charge in [0.05, 0.1) is 12.6 Å². The predicted molar refractivity (Wildman–Crippen MR) is 81.0 cm³/mol. The lowest BCUT2D eigenvalue weighted by atomic mass is 10.2. The van der Waals surface area contributed by atoms with E-state index in [2.05, 4.69) is 19.9 Å². The molecule has 0 spiro atoms. The number of anilines is 2. The van der Waals surface area contributed by atoms with Crippen LogP contribution in [0.25, 0.3) is 10.9 Å². The number of methoxy groups -OCH3 is 1. The molecule has 5 nitrogen and oxygen atoms in total. The van der Waals surface area contributed by atoms with Gasteiger partial charge in [0.1, 0.15) is 12.1 Å². The number of fused-ring (bicyclic) bond motifs is 2. The topological polar surface area (TPSA) is 51.1 Å². The third kappa shape index (κ3) is 1.88. The summed E-state index contributed by atoms with van der Waals surface area (Å²) < 4.78 is 18.9. The molecule has 6 heteroatoms. The Morgan fingerprint density at radius 3 is 3.05 bits per heavy atom. The molecule has 0 bridgehead atoms. The van der Waals surface area contributed by atoms with Gasteiger partial charge in [-0.1, -0.05) is 0 Å². The van der Waals surface area contributed by atoms with Gasteiger partial charge in [-0.15, -0.1) is 0 Å². The number of nitrogens with zero attached hydrogens (tertiary/aromatic N) is 4. The van der Waals surface area contributed by atoms with Gasteiger partial charge in [-0.3, -0.25) is 4.98 Å². The van der Waals surface area contributed by atoms with Crippen molar-refractivity contribution >= 4 is 22.4 Å². The van der Waals surface area contributed by atoms with Crippen LogP contribution in [0, 0.1) is 5.82 Å². The van der Waals surface area contributed by atoms with E-state index in [0.29, 0.717) is 5.52 Å². The SMILES string of the molecule is COc1cc2c(N3CCc4cnccc43)ncnc2cc1F. The summed E-state index contributed by atoms with van der Waals surface area (Å²) >= 11 is 0. The van der Waals surface area contributed by atoms with Gasteiger partial charge in [-0.2, -0.15) is 0 Å². The van der Waals surface area contributed by atoms with Crippen molar-refractivity contribution in [3.8, 4) is 5.75 Å². The van der Waals surface area contributed by atoms with E-state index < -0.39 is 5.82 Å². The van der Waals surface area contributed by atoms with Crippen molar-refractivity contribution in [3.05, 3.63) is 48.3 Å². The quantitative estimate of drug-likeness (QED) is 0.728. The van der Waals surface area contributed by atoms with Gasteiger partial charge in [0.2, 0.25) is 0 Å². The van der Waals surface area contributed by atoms with Crippen molar-refractivity contribution in [2.75, 3.05) is 18.6 Å². The Morgan fingerprint density at radius 2 is 2.18 bits per heavy atom. The van der Waals surface area contributed by atoms with Crippen LogP contribution in [0.2, 0.25) is 0 Å². The maximum Gasteiger partial charge on any atom is 0.167 e. The molecule has 0 atom stereocenters. The Morgan fingerprint density at radius 1 is 1.27 bits per heavy atom. The highest BCUT2D eigenvalue weighted by atomic mass is 19.1. The summed E-state index contributed by atoms with van der Waals surface area (Å²) in [5.74, 6) is 0.525. The molecule has 3 aromatic rings. The minimum atomic E-state index is -0.425. The van der Waals surface area contributed by atoms with Crippen LogP contribution in [0.1, 0.15) is 5.56 Å². The van der Waals surface area contributed by atoms with Gasteiger partial charge in [-0.05, 0) is 24.1 Å². The number of aromatic nitrogens is 3. The van der Waals surface area contributed by atoms with Crippen molar-refractivity contribution in [3.63, 3.8) is 0 Å². The van der Waals surface area contributed by atoms with E-state index in [1.54, 1.807) is 12.3 Å². The molecule has 0 N–H and O–H groups in total. The molecule has 1 aliphatic heterocycles. The first-order valence-corrected chi connectivity index (χ1v) is 6.96. The molecule has 0 aliphatic carbocycles. The summed E-state index contributed by atoms with van der Waals surface area (Å²) in [6.07, 6.45) is 6.01. The fourth-order valence-corrected chi connectivity index (χ4v) is 2.86. The van der Waals surface area contributed by atoms with E-state index in [4.69, 9.17) is 4.74 Å². The number of pyridine rings is 1. The van der Waals surface area contributed by atoms with Gasteiger partial charge in [-0.25, -0.2) is 14.4 Å². The summed E-state index contributed by atoms with van der Waals surface area (Å²) in [7, 11) is 1.45. The Hall–Kier alpha value is -2.76. The van der Waals surface area contributed by atoms with Crippen LogP contribution in [-0.2, 0) is 6.42 Å². The Balaban J connectivity index is 1.93. The zero-order chi connectivity index (χ0) is 15.1. The second kappa shape index (κ2) is 4.91. The fourth-order valence-electron chi connectivity index (χ4n) is 2.86. The molecular weight excluding hydrogens is 283 g/mol. The fraction of sp³-hybridized carbons (Fsp3) is 0.188. The number of halogens is 1. The summed E-state index contributed by atoms with van der Waals surface area (Å²) in [4.78, 5) is 14.8. The highest BCUT2D eigenvalue weighted by Gasteiger charge is 2.23. The van der Waals surface area contributed by atoms with Crippen LogP contribution < -0.4 is 9.64 Å². The Kier molecular flexibility index (Phi) is 2.89. The van der Waals surface area contributed by atoms with Crippen molar-refractivity contribution in [2.45, 2.75) is 6.42 Å². The van der Waals surface area contributed by atoms with Crippen molar-refractivity contribution in [2.24, 2.45) is 0 Å². The molecule has 0 amide bonds. The lowest BCUT2D eigenvalue weighted by molar-refractivity contribution is 0.387. The number of hydrogen-bond donors (Lipinski definition) is 0. The predicted octanol–water partition coefficient (Wildman–Crippen LogP) is 2.87. The maximum absolute atomic E-state index is 13.9. The lowest BCUT2D eigenvalue weighted by Crippen LogP contribution is -2.15. The van der Waals surface area contributed by atoms with Crippen LogP contribution in [0.15, 0.2) is 36.9 Å². The molecule has 0 fully saturated rings. The van der Waals surface area contributed by atoms with Gasteiger partial charge >= 0.3 is 0 Å². The highest BCUT2D eigenvalue weighted by Crippen LogP contribution is 2.37. The first kappa shape index (κ1) is 12.9. The van der Waals surface area contributed by atoms with E-state index in [0.717, 1.165) is 29.9 Å². The molecule has 22 heavy (non-hydrogen) atoms. The van der Waals surface area contributed by atoms with Crippen LogP contribution in [0.5, 0.6) is 5.75 Å². The van der Waals surface area contributed by atoms with E-state index in [1.807, 2.05) is 12.3 Å².